The van der Waals surface area contributed by atoms with Crippen molar-refractivity contribution in [2.45, 2.75) is 19.3 Å². The molecule has 1 heterocycles. The SMILES string of the molecule is CC1(C)c2ccc(N(c3ccc(-c4ccccc4)cc3)c3ccc(-c4ccccc4)cc3)cc2-c2c1cc1sc3ccccc3c1c2-c1ccccc1. The molecule has 0 spiro atoms. The fourth-order valence-electron chi connectivity index (χ4n) is 8.44. The van der Waals surface area contributed by atoms with Crippen LogP contribution in [0.1, 0.15) is 25.0 Å². The van der Waals surface area contributed by atoms with E-state index in [1.54, 1.807) is 0 Å². The molecule has 252 valence electrons. The molecule has 10 rings (SSSR count). The molecule has 0 bridgehead atoms. The predicted octanol–water partition coefficient (Wildman–Crippen LogP) is 14.8. The molecule has 53 heavy (non-hydrogen) atoms. The summed E-state index contributed by atoms with van der Waals surface area (Å²) < 4.78 is 2.68. The number of rotatable bonds is 6. The summed E-state index contributed by atoms with van der Waals surface area (Å²) in [6.07, 6.45) is 0. The Kier molecular flexibility index (Phi) is 7.42. The molecule has 1 aliphatic rings. The van der Waals surface area contributed by atoms with Crippen LogP contribution in [0.5, 0.6) is 0 Å². The smallest absolute Gasteiger partial charge is 0.0468 e. The van der Waals surface area contributed by atoms with Crippen LogP contribution in [0.4, 0.5) is 17.1 Å². The summed E-state index contributed by atoms with van der Waals surface area (Å²) in [4.78, 5) is 2.41. The summed E-state index contributed by atoms with van der Waals surface area (Å²) in [5.41, 5.74) is 16.1. The molecule has 0 amide bonds. The third-order valence-electron chi connectivity index (χ3n) is 11.1. The standard InChI is InChI=1S/C51H37NS/c1-51(2)44-31-30-41(32-43(44)49-45(51)33-47-50(42-20-12-13-21-46(42)53-47)48(49)38-18-10-5-11-19-38)52(39-26-22-36(23-27-39)34-14-6-3-7-15-34)40-28-24-37(25-29-40)35-16-8-4-9-17-35/h3-33H,1-2H3. The van der Waals surface area contributed by atoms with Gasteiger partial charge >= 0.3 is 0 Å². The highest BCUT2D eigenvalue weighted by atomic mass is 32.1. The maximum absolute atomic E-state index is 2.49. The number of hydrogen-bond donors (Lipinski definition) is 0. The molecule has 8 aromatic carbocycles. The van der Waals surface area contributed by atoms with Gasteiger partial charge in [0.05, 0.1) is 0 Å². The van der Waals surface area contributed by atoms with Gasteiger partial charge in [-0.2, -0.15) is 0 Å². The Hall–Kier alpha value is -6.22. The van der Waals surface area contributed by atoms with E-state index in [1.807, 2.05) is 11.3 Å². The molecule has 1 aliphatic carbocycles. The van der Waals surface area contributed by atoms with Crippen molar-refractivity contribution in [1.82, 2.24) is 0 Å². The molecule has 0 radical (unpaired) electrons. The van der Waals surface area contributed by atoms with Crippen molar-refractivity contribution in [3.05, 3.63) is 199 Å². The molecule has 1 nitrogen and oxygen atoms in total. The first-order valence-corrected chi connectivity index (χ1v) is 19.2. The maximum atomic E-state index is 2.49. The van der Waals surface area contributed by atoms with E-state index in [2.05, 4.69) is 207 Å². The molecule has 0 saturated carbocycles. The normalized spacial score (nSPS) is 12.9. The molecule has 2 heteroatoms. The molecule has 0 saturated heterocycles. The second-order valence-electron chi connectivity index (χ2n) is 14.5. The van der Waals surface area contributed by atoms with Crippen molar-refractivity contribution in [1.29, 1.82) is 0 Å². The highest BCUT2D eigenvalue weighted by Crippen LogP contribution is 2.57. The number of hydrogen-bond acceptors (Lipinski definition) is 2. The van der Waals surface area contributed by atoms with Crippen LogP contribution in [0, 0.1) is 0 Å². The summed E-state index contributed by atoms with van der Waals surface area (Å²) in [6.45, 7) is 4.79. The van der Waals surface area contributed by atoms with E-state index in [0.717, 1.165) is 17.1 Å². The maximum Gasteiger partial charge on any atom is 0.0468 e. The number of nitrogens with zero attached hydrogens (tertiary/aromatic N) is 1. The average Bonchev–Trinajstić information content (AvgIpc) is 3.70. The Morgan fingerprint density at radius 2 is 0.887 bits per heavy atom. The van der Waals surface area contributed by atoms with Gasteiger partial charge in [-0.25, -0.2) is 0 Å². The molecular weight excluding hydrogens is 659 g/mol. The highest BCUT2D eigenvalue weighted by molar-refractivity contribution is 7.26. The van der Waals surface area contributed by atoms with E-state index in [0.29, 0.717) is 0 Å². The zero-order chi connectivity index (χ0) is 35.5. The van der Waals surface area contributed by atoms with Crippen LogP contribution < -0.4 is 4.90 Å². The average molecular weight is 696 g/mol. The largest absolute Gasteiger partial charge is 0.310 e. The van der Waals surface area contributed by atoms with Gasteiger partial charge in [0.1, 0.15) is 0 Å². The van der Waals surface area contributed by atoms with Gasteiger partial charge in [-0.1, -0.05) is 153 Å². The molecule has 0 unspecified atom stereocenters. The van der Waals surface area contributed by atoms with Crippen molar-refractivity contribution in [2.24, 2.45) is 0 Å². The van der Waals surface area contributed by atoms with Gasteiger partial charge in [0.2, 0.25) is 0 Å². The molecule has 0 aliphatic heterocycles. The lowest BCUT2D eigenvalue weighted by Crippen LogP contribution is -2.15. The van der Waals surface area contributed by atoms with Gasteiger partial charge in [0, 0.05) is 42.6 Å². The Morgan fingerprint density at radius 1 is 0.396 bits per heavy atom. The Bertz CT molecular complexity index is 2680. The first-order chi connectivity index (χ1) is 26.0. The number of benzene rings is 8. The van der Waals surface area contributed by atoms with E-state index in [4.69, 9.17) is 0 Å². The second-order valence-corrected chi connectivity index (χ2v) is 15.6. The van der Waals surface area contributed by atoms with Crippen molar-refractivity contribution in [2.75, 3.05) is 4.90 Å². The Balaban J connectivity index is 1.19. The zero-order valence-corrected chi connectivity index (χ0v) is 30.6. The van der Waals surface area contributed by atoms with E-state index in [9.17, 15) is 0 Å². The Morgan fingerprint density at radius 3 is 1.47 bits per heavy atom. The summed E-state index contributed by atoms with van der Waals surface area (Å²) in [5.74, 6) is 0. The van der Waals surface area contributed by atoms with Crippen LogP contribution in [0.25, 0.3) is 64.7 Å². The number of fused-ring (bicyclic) bond motifs is 6. The fraction of sp³-hybridized carbons (Fsp3) is 0.0588. The second kappa shape index (κ2) is 12.5. The molecule has 0 fully saturated rings. The zero-order valence-electron chi connectivity index (χ0n) is 29.8. The molecule has 0 N–H and O–H groups in total. The van der Waals surface area contributed by atoms with Gasteiger partial charge in [0.25, 0.3) is 0 Å². The number of anilines is 3. The van der Waals surface area contributed by atoms with Gasteiger partial charge in [0.15, 0.2) is 0 Å². The summed E-state index contributed by atoms with van der Waals surface area (Å²) in [7, 11) is 0. The minimum absolute atomic E-state index is 0.156. The van der Waals surface area contributed by atoms with Crippen LogP contribution in [0.3, 0.4) is 0 Å². The molecule has 1 aromatic heterocycles. The monoisotopic (exact) mass is 695 g/mol. The van der Waals surface area contributed by atoms with Gasteiger partial charge in [-0.3, -0.25) is 0 Å². The van der Waals surface area contributed by atoms with Crippen molar-refractivity contribution in [3.63, 3.8) is 0 Å². The van der Waals surface area contributed by atoms with Crippen LogP contribution in [0.15, 0.2) is 188 Å². The van der Waals surface area contributed by atoms with Gasteiger partial charge < -0.3 is 4.90 Å². The first kappa shape index (κ1) is 31.5. The van der Waals surface area contributed by atoms with Gasteiger partial charge in [-0.15, -0.1) is 11.3 Å². The van der Waals surface area contributed by atoms with Crippen LogP contribution in [-0.4, -0.2) is 0 Å². The van der Waals surface area contributed by atoms with Crippen LogP contribution in [-0.2, 0) is 5.41 Å². The molecular formula is C51H37NS. The van der Waals surface area contributed by atoms with Crippen molar-refractivity contribution < 1.29 is 0 Å². The summed E-state index contributed by atoms with van der Waals surface area (Å²) in [6, 6.07) is 68.8. The van der Waals surface area contributed by atoms with E-state index in [-0.39, 0.29) is 5.41 Å². The fourth-order valence-corrected chi connectivity index (χ4v) is 9.59. The van der Waals surface area contributed by atoms with E-state index in [1.165, 1.54) is 75.8 Å². The molecule has 9 aromatic rings. The Labute approximate surface area is 315 Å². The van der Waals surface area contributed by atoms with E-state index < -0.39 is 0 Å². The van der Waals surface area contributed by atoms with Gasteiger partial charge in [-0.05, 0) is 104 Å². The minimum Gasteiger partial charge on any atom is -0.310 e. The third-order valence-corrected chi connectivity index (χ3v) is 12.2. The lowest BCUT2D eigenvalue weighted by Gasteiger charge is -2.27. The quantitative estimate of drug-likeness (QED) is 0.167. The molecule has 0 atom stereocenters. The summed E-state index contributed by atoms with van der Waals surface area (Å²) in [5, 5.41) is 2.68. The topological polar surface area (TPSA) is 3.24 Å². The number of thiophene rings is 1. The predicted molar refractivity (Wildman–Crippen MR) is 228 cm³/mol. The van der Waals surface area contributed by atoms with Crippen molar-refractivity contribution in [3.8, 4) is 44.5 Å². The minimum atomic E-state index is -0.156. The first-order valence-electron chi connectivity index (χ1n) is 18.3. The van der Waals surface area contributed by atoms with Crippen LogP contribution in [0.2, 0.25) is 0 Å². The highest BCUT2D eigenvalue weighted by Gasteiger charge is 2.39. The summed E-state index contributed by atoms with van der Waals surface area (Å²) >= 11 is 1.91. The van der Waals surface area contributed by atoms with Crippen LogP contribution >= 0.6 is 11.3 Å². The lowest BCUT2D eigenvalue weighted by molar-refractivity contribution is 0.661. The lowest BCUT2D eigenvalue weighted by atomic mass is 9.81. The third kappa shape index (κ3) is 5.21. The van der Waals surface area contributed by atoms with Crippen molar-refractivity contribution >= 4 is 48.6 Å². The van der Waals surface area contributed by atoms with E-state index >= 15 is 0 Å².